The van der Waals surface area contributed by atoms with E-state index in [-0.39, 0.29) is 11.3 Å². The molecule has 0 fully saturated rings. The zero-order valence-corrected chi connectivity index (χ0v) is 15.5. The lowest BCUT2D eigenvalue weighted by Crippen LogP contribution is -2.26. The van der Waals surface area contributed by atoms with Gasteiger partial charge < -0.3 is 18.8 Å². The summed E-state index contributed by atoms with van der Waals surface area (Å²) in [5.41, 5.74) is 0.286. The minimum absolute atomic E-state index is 0.286. The average molecular weight is 344 g/mol. The molecule has 1 aromatic rings. The number of hydrogen-bond acceptors (Lipinski definition) is 6. The number of unbranched alkanes of at least 4 members (excludes halogenated alkanes) is 1. The van der Waals surface area contributed by atoms with Gasteiger partial charge >= 0.3 is 5.97 Å². The summed E-state index contributed by atoms with van der Waals surface area (Å²) in [6.07, 6.45) is 2.11. The third-order valence-electron chi connectivity index (χ3n) is 3.32. The molecule has 1 aromatic carbocycles. The monoisotopic (exact) mass is 344 g/mol. The third kappa shape index (κ3) is 5.71. The molecule has 0 N–H and O–H groups in total. The van der Waals surface area contributed by atoms with Gasteiger partial charge in [-0.2, -0.15) is 0 Å². The van der Waals surface area contributed by atoms with Gasteiger partial charge in [0.2, 0.25) is 0 Å². The Morgan fingerprint density at radius 1 is 1.09 bits per heavy atom. The van der Waals surface area contributed by atoms with Gasteiger partial charge in [-0.05, 0) is 18.6 Å². The molecule has 0 amide bonds. The van der Waals surface area contributed by atoms with Crippen LogP contribution in [0.4, 0.5) is 0 Å². The lowest BCUT2D eigenvalue weighted by Gasteiger charge is -2.17. The fourth-order valence-corrected chi connectivity index (χ4v) is 2.17. The van der Waals surface area contributed by atoms with E-state index in [9.17, 15) is 9.59 Å². The first-order valence-corrected chi connectivity index (χ1v) is 7.80. The summed E-state index contributed by atoms with van der Waals surface area (Å²) in [4.78, 5) is 24.7. The highest BCUT2D eigenvalue weighted by molar-refractivity contribution is 7.00. The molecule has 2 atom stereocenters. The van der Waals surface area contributed by atoms with Crippen molar-refractivity contribution < 1.29 is 28.4 Å². The lowest BCUT2D eigenvalue weighted by molar-refractivity contribution is -0.143. The predicted octanol–water partition coefficient (Wildman–Crippen LogP) is 2.81. The highest BCUT2D eigenvalue weighted by atomic mass is 31.0. The average Bonchev–Trinajstić information content (AvgIpc) is 2.62. The first-order valence-electron chi connectivity index (χ1n) is 7.22. The molecule has 7 heteroatoms. The zero-order valence-electron chi connectivity index (χ0n) is 14.1. The van der Waals surface area contributed by atoms with Crippen molar-refractivity contribution in [2.24, 2.45) is 5.92 Å². The van der Waals surface area contributed by atoms with Crippen molar-refractivity contribution in [1.82, 2.24) is 0 Å². The number of ether oxygens (including phenoxy) is 3. The minimum Gasteiger partial charge on any atom is -0.496 e. The fraction of sp³-hybridized carbons (Fsp3) is 0.500. The summed E-state index contributed by atoms with van der Waals surface area (Å²) >= 11 is 0. The van der Waals surface area contributed by atoms with Crippen LogP contribution in [0.1, 0.15) is 36.5 Å². The molecule has 0 saturated heterocycles. The Morgan fingerprint density at radius 3 is 2.00 bits per heavy atom. The number of carbonyl (C=O) groups excluding carboxylic acids is 2. The van der Waals surface area contributed by atoms with E-state index in [2.05, 4.69) is 0 Å². The normalized spacial score (nSPS) is 11.0. The number of hydrogen-bond donors (Lipinski definition) is 0. The molecule has 0 aliphatic heterocycles. The summed E-state index contributed by atoms with van der Waals surface area (Å²) in [6, 6.07) is 5.07. The van der Waals surface area contributed by atoms with Crippen molar-refractivity contribution in [2.45, 2.75) is 26.2 Å². The fourth-order valence-electron chi connectivity index (χ4n) is 2.17. The van der Waals surface area contributed by atoms with E-state index in [1.165, 1.54) is 21.3 Å². The molecule has 0 bridgehead atoms. The summed E-state index contributed by atoms with van der Waals surface area (Å²) in [5.74, 6) is -0.902. The second-order valence-corrected chi connectivity index (χ2v) is 4.62. The molecule has 6 nitrogen and oxygen atoms in total. The molecule has 0 saturated carbocycles. The Kier molecular flexibility index (Phi) is 10.8. The Hall–Kier alpha value is -1.81. The summed E-state index contributed by atoms with van der Waals surface area (Å²) < 4.78 is 23.5. The van der Waals surface area contributed by atoms with E-state index < -0.39 is 11.9 Å². The molecular weight excluding hydrogens is 319 g/mol. The quantitative estimate of drug-likeness (QED) is 0.312. The van der Waals surface area contributed by atoms with Crippen LogP contribution in [0.25, 0.3) is 0 Å². The van der Waals surface area contributed by atoms with E-state index in [0.717, 1.165) is 12.8 Å². The smallest absolute Gasteiger partial charge is 0.316 e. The maximum absolute atomic E-state index is 12.7. The van der Waals surface area contributed by atoms with Crippen molar-refractivity contribution >= 4 is 20.9 Å². The van der Waals surface area contributed by atoms with Gasteiger partial charge in [0.05, 0.1) is 30.4 Å². The summed E-state index contributed by atoms with van der Waals surface area (Å²) in [5, 5.41) is 0. The molecule has 0 spiro atoms. The van der Waals surface area contributed by atoms with Gasteiger partial charge in [-0.25, -0.2) is 0 Å². The Bertz CT molecular complexity index is 495. The van der Waals surface area contributed by atoms with Crippen molar-refractivity contribution in [1.29, 1.82) is 0 Å². The van der Waals surface area contributed by atoms with Crippen molar-refractivity contribution in [3.63, 3.8) is 0 Å². The van der Waals surface area contributed by atoms with Crippen molar-refractivity contribution in [3.8, 4) is 11.5 Å². The van der Waals surface area contributed by atoms with Crippen LogP contribution in [0.2, 0.25) is 0 Å². The van der Waals surface area contributed by atoms with Crippen LogP contribution in [0, 0.1) is 5.92 Å². The zero-order chi connectivity index (χ0) is 17.8. The molecular formula is C16H25O6P. The molecule has 0 aromatic heterocycles. The number of methoxy groups -OCH3 is 3. The van der Waals surface area contributed by atoms with Gasteiger partial charge in [-0.15, -0.1) is 0 Å². The van der Waals surface area contributed by atoms with Gasteiger partial charge in [-0.1, -0.05) is 25.8 Å². The first kappa shape index (κ1) is 21.2. The van der Waals surface area contributed by atoms with Gasteiger partial charge in [0, 0.05) is 0 Å². The molecule has 0 aliphatic carbocycles. The molecule has 130 valence electrons. The summed E-state index contributed by atoms with van der Waals surface area (Å²) in [6.45, 7) is 2.00. The van der Waals surface area contributed by atoms with Crippen LogP contribution in [0.15, 0.2) is 18.2 Å². The maximum atomic E-state index is 12.7. The second kappa shape index (κ2) is 11.7. The Morgan fingerprint density at radius 2 is 1.61 bits per heavy atom. The van der Waals surface area contributed by atoms with Crippen molar-refractivity contribution in [2.75, 3.05) is 21.3 Å². The second-order valence-electron chi connectivity index (χ2n) is 4.62. The number of esters is 1. The van der Waals surface area contributed by atoms with E-state index in [4.69, 9.17) is 18.8 Å². The maximum Gasteiger partial charge on any atom is 0.316 e. The third-order valence-corrected chi connectivity index (χ3v) is 3.32. The number of carbonyl (C=O) groups is 2. The van der Waals surface area contributed by atoms with Crippen LogP contribution in [0.3, 0.4) is 0 Å². The molecule has 2 unspecified atom stereocenters. The highest BCUT2D eigenvalue weighted by Gasteiger charge is 2.32. The van der Waals surface area contributed by atoms with Gasteiger partial charge in [-0.3, -0.25) is 9.59 Å². The molecule has 0 radical (unpaired) electrons. The largest absolute Gasteiger partial charge is 0.496 e. The van der Waals surface area contributed by atoms with Gasteiger partial charge in [0.25, 0.3) is 0 Å². The van der Waals surface area contributed by atoms with E-state index in [0.29, 0.717) is 27.0 Å². The number of rotatable bonds is 8. The highest BCUT2D eigenvalue weighted by Crippen LogP contribution is 2.32. The Labute approximate surface area is 138 Å². The van der Waals surface area contributed by atoms with Gasteiger partial charge in [0.1, 0.15) is 23.0 Å². The molecule has 0 heterocycles. The topological polar surface area (TPSA) is 78.9 Å². The van der Waals surface area contributed by atoms with Crippen molar-refractivity contribution in [3.05, 3.63) is 23.8 Å². The van der Waals surface area contributed by atoms with Crippen LogP contribution in [-0.4, -0.2) is 33.1 Å². The standard InChI is InChI=1S/C16H22O5.H3OP/c1-5-6-8-11(16(18)21-4)15(17)14-12(19-2)9-7-10-13(14)20-3;1-2/h7,9-11H,5-6,8H2,1-4H3;2H3. The number of Topliss-reactive ketones (excluding diaryl/α,β-unsaturated/α-hetero) is 1. The van der Waals surface area contributed by atoms with Crippen LogP contribution >= 0.6 is 9.12 Å². The summed E-state index contributed by atoms with van der Waals surface area (Å²) in [7, 11) is 4.85. The first-order chi connectivity index (χ1) is 11.1. The van der Waals surface area contributed by atoms with Crippen LogP contribution in [-0.2, 0) is 14.1 Å². The molecule has 23 heavy (non-hydrogen) atoms. The number of ketones is 1. The lowest BCUT2D eigenvalue weighted by atomic mass is 9.91. The van der Waals surface area contributed by atoms with Crippen LogP contribution in [0.5, 0.6) is 11.5 Å². The van der Waals surface area contributed by atoms with Crippen LogP contribution < -0.4 is 9.47 Å². The minimum atomic E-state index is -0.833. The van der Waals surface area contributed by atoms with Gasteiger partial charge in [0.15, 0.2) is 5.78 Å². The Balaban J connectivity index is 0.00000232. The molecule has 1 rings (SSSR count). The molecule has 0 aliphatic rings. The van der Waals surface area contributed by atoms with E-state index in [1.807, 2.05) is 6.92 Å². The van der Waals surface area contributed by atoms with E-state index in [1.54, 1.807) is 18.2 Å². The number of benzene rings is 1. The predicted molar refractivity (Wildman–Crippen MR) is 90.7 cm³/mol. The van der Waals surface area contributed by atoms with E-state index >= 15 is 0 Å². The SMILES string of the molecule is CCCCC(C(=O)OC)C(=O)c1c(OC)cccc1OC.O=[PH3].